The Morgan fingerprint density at radius 3 is 2.32 bits per heavy atom. The van der Waals surface area contributed by atoms with Crippen LogP contribution in [0.25, 0.3) is 0 Å². The molecular formula is C20H17ClFN2S+. The molecule has 25 heavy (non-hydrogen) atoms. The largest absolute Gasteiger partial charge is 0.314 e. The van der Waals surface area contributed by atoms with E-state index in [9.17, 15) is 4.39 Å². The van der Waals surface area contributed by atoms with E-state index in [1.807, 2.05) is 60.7 Å². The molecule has 0 heterocycles. The van der Waals surface area contributed by atoms with Crippen LogP contribution in [0.15, 0.2) is 78.9 Å². The summed E-state index contributed by atoms with van der Waals surface area (Å²) in [5.41, 5.74) is 2.94. The molecule has 0 spiro atoms. The first-order valence-electron chi connectivity index (χ1n) is 7.78. The number of benzene rings is 3. The molecule has 0 saturated heterocycles. The van der Waals surface area contributed by atoms with E-state index >= 15 is 0 Å². The van der Waals surface area contributed by atoms with Crippen LogP contribution in [0.5, 0.6) is 0 Å². The highest BCUT2D eigenvalue weighted by Crippen LogP contribution is 2.20. The molecule has 0 atom stereocenters. The Hall–Kier alpha value is -2.30. The zero-order valence-corrected chi connectivity index (χ0v) is 14.9. The molecule has 126 valence electrons. The van der Waals surface area contributed by atoms with Crippen LogP contribution >= 0.6 is 23.4 Å². The minimum Gasteiger partial charge on any atom is -0.235 e. The van der Waals surface area contributed by atoms with Crippen molar-refractivity contribution in [1.82, 2.24) is 0 Å². The number of hydrogen-bond acceptors (Lipinski definition) is 1. The Balaban J connectivity index is 1.78. The van der Waals surface area contributed by atoms with Crippen molar-refractivity contribution in [2.75, 3.05) is 5.32 Å². The number of halogens is 2. The van der Waals surface area contributed by atoms with Crippen molar-refractivity contribution < 1.29 is 9.38 Å². The van der Waals surface area contributed by atoms with E-state index < -0.39 is 5.82 Å². The summed E-state index contributed by atoms with van der Waals surface area (Å²) in [7, 11) is 0. The average molecular weight is 372 g/mol. The molecule has 0 aliphatic carbocycles. The first-order valence-corrected chi connectivity index (χ1v) is 9.15. The van der Waals surface area contributed by atoms with Crippen molar-refractivity contribution in [3.05, 3.63) is 95.3 Å². The van der Waals surface area contributed by atoms with Crippen LogP contribution < -0.4 is 10.3 Å². The highest BCUT2D eigenvalue weighted by Gasteiger charge is 2.11. The Morgan fingerprint density at radius 1 is 0.960 bits per heavy atom. The van der Waals surface area contributed by atoms with Crippen LogP contribution in [-0.4, -0.2) is 5.17 Å². The molecule has 0 unspecified atom stereocenters. The molecule has 2 nitrogen and oxygen atoms in total. The summed E-state index contributed by atoms with van der Waals surface area (Å²) in [6.45, 7) is 0. The lowest BCUT2D eigenvalue weighted by Crippen LogP contribution is -2.67. The molecule has 0 aliphatic heterocycles. The molecule has 0 amide bonds. The van der Waals surface area contributed by atoms with Crippen LogP contribution in [0.2, 0.25) is 5.02 Å². The standard InChI is InChI=1S/C20H16ClFN2S/c21-18-13-15(11-12-19(18)22)14-25-20(23-16-7-3-1-4-8-16)24-17-9-5-2-6-10-17/h1-13H,14H2,(H,23,24)/p+1. The lowest BCUT2D eigenvalue weighted by molar-refractivity contribution is -0.349. The van der Waals surface area contributed by atoms with Crippen LogP contribution in [0.4, 0.5) is 15.8 Å². The Morgan fingerprint density at radius 2 is 1.64 bits per heavy atom. The van der Waals surface area contributed by atoms with Crippen molar-refractivity contribution in [2.45, 2.75) is 5.75 Å². The van der Waals surface area contributed by atoms with Crippen molar-refractivity contribution in [2.24, 2.45) is 0 Å². The van der Waals surface area contributed by atoms with Gasteiger partial charge in [0.25, 0.3) is 0 Å². The molecule has 0 aliphatic rings. The summed E-state index contributed by atoms with van der Waals surface area (Å²) < 4.78 is 13.3. The third kappa shape index (κ3) is 5.34. The van der Waals surface area contributed by atoms with E-state index in [1.54, 1.807) is 23.9 Å². The highest BCUT2D eigenvalue weighted by atomic mass is 35.5. The summed E-state index contributed by atoms with van der Waals surface area (Å²) in [5.74, 6) is 0.263. The fraction of sp³-hybridized carbons (Fsp3) is 0.0500. The van der Waals surface area contributed by atoms with E-state index in [0.717, 1.165) is 22.1 Å². The van der Waals surface area contributed by atoms with Gasteiger partial charge in [0.05, 0.1) is 5.02 Å². The Bertz CT molecular complexity index is 854. The van der Waals surface area contributed by atoms with Gasteiger partial charge in [-0.25, -0.2) is 14.7 Å². The van der Waals surface area contributed by atoms with Crippen molar-refractivity contribution in [3.63, 3.8) is 0 Å². The second-order valence-corrected chi connectivity index (χ2v) is 6.74. The first-order chi connectivity index (χ1) is 12.2. The van der Waals surface area contributed by atoms with Gasteiger partial charge in [0.2, 0.25) is 0 Å². The van der Waals surface area contributed by atoms with E-state index in [0.29, 0.717) is 5.75 Å². The minimum atomic E-state index is -0.399. The van der Waals surface area contributed by atoms with E-state index in [-0.39, 0.29) is 5.02 Å². The predicted octanol–water partition coefficient (Wildman–Crippen LogP) is 4.59. The van der Waals surface area contributed by atoms with Gasteiger partial charge in [-0.15, -0.1) is 0 Å². The van der Waals surface area contributed by atoms with Gasteiger partial charge in [0, 0.05) is 5.75 Å². The van der Waals surface area contributed by atoms with Crippen molar-refractivity contribution >= 4 is 39.9 Å². The molecule has 5 heteroatoms. The molecule has 3 aromatic carbocycles. The molecule has 0 bridgehead atoms. The topological polar surface area (TPSA) is 26.0 Å². The highest BCUT2D eigenvalue weighted by molar-refractivity contribution is 8.13. The van der Waals surface area contributed by atoms with Gasteiger partial charge in [0.15, 0.2) is 0 Å². The summed E-state index contributed by atoms with van der Waals surface area (Å²) in [5, 5.41) is 4.42. The lowest BCUT2D eigenvalue weighted by Gasteiger charge is -2.05. The maximum Gasteiger partial charge on any atom is 0.314 e. The number of para-hydroxylation sites is 2. The van der Waals surface area contributed by atoms with E-state index in [4.69, 9.17) is 11.6 Å². The summed E-state index contributed by atoms with van der Waals surface area (Å²) in [6.07, 6.45) is 0. The van der Waals surface area contributed by atoms with Gasteiger partial charge in [-0.1, -0.05) is 54.1 Å². The van der Waals surface area contributed by atoms with Gasteiger partial charge >= 0.3 is 5.17 Å². The number of rotatable bonds is 4. The van der Waals surface area contributed by atoms with Gasteiger partial charge in [-0.05, 0) is 53.7 Å². The molecule has 2 N–H and O–H groups in total. The number of thioether (sulfide) groups is 1. The van der Waals surface area contributed by atoms with Crippen LogP contribution in [0.1, 0.15) is 5.56 Å². The zero-order chi connectivity index (χ0) is 17.5. The number of anilines is 1. The van der Waals surface area contributed by atoms with Crippen LogP contribution in [-0.2, 0) is 5.75 Å². The van der Waals surface area contributed by atoms with Crippen LogP contribution in [0.3, 0.4) is 0 Å². The van der Waals surface area contributed by atoms with Crippen molar-refractivity contribution in [1.29, 1.82) is 0 Å². The second kappa shape index (κ2) is 8.70. The summed E-state index contributed by atoms with van der Waals surface area (Å²) in [6, 6.07) is 24.7. The third-order valence-electron chi connectivity index (χ3n) is 3.43. The number of nitrogens with one attached hydrogen (secondary N) is 2. The van der Waals surface area contributed by atoms with Crippen LogP contribution in [0, 0.1) is 5.82 Å². The third-order valence-corrected chi connectivity index (χ3v) is 4.69. The van der Waals surface area contributed by atoms with Gasteiger partial charge in [-0.3, -0.25) is 0 Å². The second-order valence-electron chi connectivity index (χ2n) is 5.35. The van der Waals surface area contributed by atoms with E-state index in [2.05, 4.69) is 10.3 Å². The SMILES string of the molecule is Fc1ccc(CSC(Nc2ccccc2)=[NH+]c2ccccc2)cc1Cl. The maximum atomic E-state index is 13.3. The summed E-state index contributed by atoms with van der Waals surface area (Å²) >= 11 is 7.46. The summed E-state index contributed by atoms with van der Waals surface area (Å²) in [4.78, 5) is 3.39. The van der Waals surface area contributed by atoms with E-state index in [1.165, 1.54) is 6.07 Å². The molecule has 0 aromatic heterocycles. The maximum absolute atomic E-state index is 13.3. The van der Waals surface area contributed by atoms with Crippen molar-refractivity contribution in [3.8, 4) is 0 Å². The first kappa shape index (κ1) is 17.5. The zero-order valence-electron chi connectivity index (χ0n) is 13.4. The monoisotopic (exact) mass is 371 g/mol. The smallest absolute Gasteiger partial charge is 0.235 e. The molecule has 0 saturated carbocycles. The molecule has 3 aromatic rings. The molecule has 0 fully saturated rings. The predicted molar refractivity (Wildman–Crippen MR) is 105 cm³/mol. The Kier molecular flexibility index (Phi) is 6.09. The van der Waals surface area contributed by atoms with Gasteiger partial charge < -0.3 is 0 Å². The normalized spacial score (nSPS) is 11.4. The number of hydrogen-bond donors (Lipinski definition) is 2. The lowest BCUT2D eigenvalue weighted by atomic mass is 10.2. The fourth-order valence-electron chi connectivity index (χ4n) is 2.19. The van der Waals surface area contributed by atoms with Gasteiger partial charge in [-0.2, -0.15) is 0 Å². The Labute approximate surface area is 155 Å². The fourth-order valence-corrected chi connectivity index (χ4v) is 3.27. The minimum absolute atomic E-state index is 0.145. The quantitative estimate of drug-likeness (QED) is 0.518. The average Bonchev–Trinajstić information content (AvgIpc) is 2.64. The molecule has 0 radical (unpaired) electrons. The molecular weight excluding hydrogens is 355 g/mol. The molecule has 3 rings (SSSR count). The van der Waals surface area contributed by atoms with Gasteiger partial charge in [0.1, 0.15) is 17.2 Å². The number of amidine groups is 1.